The molecular weight excluding hydrogens is 531 g/mol. The van der Waals surface area contributed by atoms with Crippen LogP contribution in [0.4, 0.5) is 0 Å². The largest absolute Gasteiger partial charge is 0.508 e. The lowest BCUT2D eigenvalue weighted by Gasteiger charge is -2.27. The molecule has 0 unspecified atom stereocenters. The van der Waals surface area contributed by atoms with Gasteiger partial charge in [-0.25, -0.2) is 0 Å². The van der Waals surface area contributed by atoms with Crippen molar-refractivity contribution < 1.29 is 19.3 Å². The van der Waals surface area contributed by atoms with Crippen LogP contribution in [0.3, 0.4) is 0 Å². The minimum Gasteiger partial charge on any atom is -0.508 e. The molecule has 3 aromatic carbocycles. The first-order valence-electron chi connectivity index (χ1n) is 9.67. The highest BCUT2D eigenvalue weighted by molar-refractivity contribution is 9.10. The van der Waals surface area contributed by atoms with E-state index in [1.165, 1.54) is 19.2 Å². The SMILES string of the molecule is COc1cc([C@H]2C(C#N)=C(N)Oc3cc(O)ccc32)cc(Br)c1OCc1ccc(Cl)cc1Cl. The molecule has 0 spiro atoms. The number of nitrogens with two attached hydrogens (primary N) is 1. The summed E-state index contributed by atoms with van der Waals surface area (Å²) >= 11 is 15.8. The zero-order valence-corrected chi connectivity index (χ0v) is 20.3. The Morgan fingerprint density at radius 3 is 2.67 bits per heavy atom. The second-order valence-electron chi connectivity index (χ2n) is 7.21. The molecule has 0 saturated heterocycles. The van der Waals surface area contributed by atoms with Crippen LogP contribution in [0.15, 0.2) is 64.5 Å². The predicted molar refractivity (Wildman–Crippen MR) is 129 cm³/mol. The first kappa shape index (κ1) is 23.1. The van der Waals surface area contributed by atoms with Gasteiger partial charge in [0, 0.05) is 27.2 Å². The second-order valence-corrected chi connectivity index (χ2v) is 8.90. The number of benzene rings is 3. The van der Waals surface area contributed by atoms with Crippen LogP contribution < -0.4 is 19.9 Å². The highest BCUT2D eigenvalue weighted by Crippen LogP contribution is 2.47. The molecule has 4 rings (SSSR count). The third kappa shape index (κ3) is 4.55. The van der Waals surface area contributed by atoms with E-state index in [1.54, 1.807) is 30.3 Å². The highest BCUT2D eigenvalue weighted by Gasteiger charge is 2.32. The number of halogens is 3. The van der Waals surface area contributed by atoms with Crippen molar-refractivity contribution in [1.29, 1.82) is 5.26 Å². The van der Waals surface area contributed by atoms with Crippen LogP contribution in [0.2, 0.25) is 10.0 Å². The normalized spacial score (nSPS) is 14.8. The molecule has 33 heavy (non-hydrogen) atoms. The number of nitrogens with zero attached hydrogens (tertiary/aromatic N) is 1. The summed E-state index contributed by atoms with van der Waals surface area (Å²) in [6, 6.07) is 15.6. The second kappa shape index (κ2) is 9.44. The van der Waals surface area contributed by atoms with Crippen molar-refractivity contribution in [1.82, 2.24) is 0 Å². The van der Waals surface area contributed by atoms with Crippen LogP contribution in [0.1, 0.15) is 22.6 Å². The van der Waals surface area contributed by atoms with Crippen molar-refractivity contribution in [2.45, 2.75) is 12.5 Å². The predicted octanol–water partition coefficient (Wildman–Crippen LogP) is 6.27. The molecular formula is C24H17BrCl2N2O4. The first-order valence-corrected chi connectivity index (χ1v) is 11.2. The molecule has 0 fully saturated rings. The highest BCUT2D eigenvalue weighted by atomic mass is 79.9. The molecule has 9 heteroatoms. The van der Waals surface area contributed by atoms with Gasteiger partial charge in [0.15, 0.2) is 11.5 Å². The van der Waals surface area contributed by atoms with E-state index in [0.717, 1.165) is 11.1 Å². The maximum atomic E-state index is 9.84. The Morgan fingerprint density at radius 1 is 1.18 bits per heavy atom. The minimum atomic E-state index is -0.524. The lowest BCUT2D eigenvalue weighted by molar-refractivity contribution is 0.282. The number of aromatic hydroxyl groups is 1. The minimum absolute atomic E-state index is 0.0200. The van der Waals surface area contributed by atoms with Crippen molar-refractivity contribution in [3.63, 3.8) is 0 Å². The van der Waals surface area contributed by atoms with Gasteiger partial charge in [-0.15, -0.1) is 0 Å². The number of rotatable bonds is 5. The molecule has 0 aromatic heterocycles. The fourth-order valence-corrected chi connectivity index (χ4v) is 4.66. The lowest BCUT2D eigenvalue weighted by Crippen LogP contribution is -2.21. The molecule has 0 amide bonds. The van der Waals surface area contributed by atoms with Gasteiger partial charge in [0.2, 0.25) is 5.88 Å². The van der Waals surface area contributed by atoms with E-state index in [0.29, 0.717) is 37.3 Å². The molecule has 1 heterocycles. The van der Waals surface area contributed by atoms with Gasteiger partial charge in [-0.3, -0.25) is 0 Å². The van der Waals surface area contributed by atoms with Gasteiger partial charge < -0.3 is 25.1 Å². The quantitative estimate of drug-likeness (QED) is 0.391. The Bertz CT molecular complexity index is 1320. The fraction of sp³-hybridized carbons (Fsp3) is 0.125. The molecule has 0 saturated carbocycles. The van der Waals surface area contributed by atoms with Crippen LogP contribution in [0.5, 0.6) is 23.0 Å². The number of fused-ring (bicyclic) bond motifs is 1. The fourth-order valence-electron chi connectivity index (χ4n) is 3.62. The third-order valence-corrected chi connectivity index (χ3v) is 6.35. The van der Waals surface area contributed by atoms with Crippen LogP contribution in [0.25, 0.3) is 0 Å². The summed E-state index contributed by atoms with van der Waals surface area (Å²) in [5.41, 5.74) is 8.45. The first-order chi connectivity index (χ1) is 15.8. The molecule has 6 nitrogen and oxygen atoms in total. The van der Waals surface area contributed by atoms with Gasteiger partial charge in [0.1, 0.15) is 29.7 Å². The zero-order valence-electron chi connectivity index (χ0n) is 17.2. The van der Waals surface area contributed by atoms with E-state index in [2.05, 4.69) is 22.0 Å². The summed E-state index contributed by atoms with van der Waals surface area (Å²) in [4.78, 5) is 0. The topological polar surface area (TPSA) is 97.7 Å². The molecule has 168 valence electrons. The van der Waals surface area contributed by atoms with E-state index in [4.69, 9.17) is 43.1 Å². The van der Waals surface area contributed by atoms with Crippen LogP contribution in [-0.4, -0.2) is 12.2 Å². The van der Waals surface area contributed by atoms with E-state index in [-0.39, 0.29) is 23.8 Å². The maximum Gasteiger partial charge on any atom is 0.205 e. The zero-order chi connectivity index (χ0) is 23.7. The summed E-state index contributed by atoms with van der Waals surface area (Å²) in [5, 5.41) is 20.7. The number of allylic oxidation sites excluding steroid dienone is 1. The Morgan fingerprint density at radius 2 is 1.97 bits per heavy atom. The molecule has 1 aliphatic rings. The number of hydrogen-bond donors (Lipinski definition) is 2. The molecule has 0 radical (unpaired) electrons. The van der Waals surface area contributed by atoms with Crippen LogP contribution >= 0.6 is 39.1 Å². The van der Waals surface area contributed by atoms with Crippen molar-refractivity contribution in [3.8, 4) is 29.1 Å². The van der Waals surface area contributed by atoms with Gasteiger partial charge in [-0.1, -0.05) is 35.3 Å². The van der Waals surface area contributed by atoms with Gasteiger partial charge in [-0.05, 0) is 51.8 Å². The van der Waals surface area contributed by atoms with E-state index >= 15 is 0 Å². The lowest BCUT2D eigenvalue weighted by atomic mass is 9.83. The maximum absolute atomic E-state index is 9.84. The third-order valence-electron chi connectivity index (χ3n) is 5.17. The van der Waals surface area contributed by atoms with Crippen molar-refractivity contribution >= 4 is 39.1 Å². The number of hydrogen-bond acceptors (Lipinski definition) is 6. The molecule has 0 aliphatic carbocycles. The van der Waals surface area contributed by atoms with Gasteiger partial charge in [0.25, 0.3) is 0 Å². The number of methoxy groups -OCH3 is 1. The van der Waals surface area contributed by atoms with Gasteiger partial charge >= 0.3 is 0 Å². The van der Waals surface area contributed by atoms with Crippen molar-refractivity contribution in [2.24, 2.45) is 5.73 Å². The Kier molecular flexibility index (Phi) is 6.61. The van der Waals surface area contributed by atoms with Crippen molar-refractivity contribution in [3.05, 3.63) is 91.2 Å². The molecule has 1 atom stereocenters. The van der Waals surface area contributed by atoms with Crippen LogP contribution in [0, 0.1) is 11.3 Å². The summed E-state index contributed by atoms with van der Waals surface area (Å²) in [5.74, 6) is 0.791. The van der Waals surface area contributed by atoms with Gasteiger partial charge in [0.05, 0.1) is 17.5 Å². The summed E-state index contributed by atoms with van der Waals surface area (Å²) < 4.78 is 17.8. The van der Waals surface area contributed by atoms with Crippen LogP contribution in [-0.2, 0) is 6.61 Å². The van der Waals surface area contributed by atoms with Crippen molar-refractivity contribution in [2.75, 3.05) is 7.11 Å². The Hall–Kier alpha value is -3.05. The molecule has 3 N–H and O–H groups in total. The van der Waals surface area contributed by atoms with Gasteiger partial charge in [-0.2, -0.15) is 5.26 Å². The standard InChI is InChI=1S/C24H17BrCl2N2O4/c1-31-21-7-13(6-18(25)23(21)32-11-12-2-3-14(26)8-19(12)27)22-16-5-4-15(30)9-20(16)33-24(29)17(22)10-28/h2-9,22,30H,11,29H2,1H3/t22-/m1/s1. The summed E-state index contributed by atoms with van der Waals surface area (Å²) in [7, 11) is 1.53. The Balaban J connectivity index is 1.74. The number of ether oxygens (including phenoxy) is 3. The number of phenolic OH excluding ortho intramolecular Hbond substituents is 1. The molecule has 1 aliphatic heterocycles. The monoisotopic (exact) mass is 546 g/mol. The number of phenols is 1. The molecule has 3 aromatic rings. The van der Waals surface area contributed by atoms with E-state index in [9.17, 15) is 10.4 Å². The smallest absolute Gasteiger partial charge is 0.205 e. The Labute approximate surface area is 208 Å². The summed E-state index contributed by atoms with van der Waals surface area (Å²) in [6.07, 6.45) is 0. The summed E-state index contributed by atoms with van der Waals surface area (Å²) in [6.45, 7) is 0.194. The molecule has 0 bridgehead atoms. The van der Waals surface area contributed by atoms with E-state index < -0.39 is 5.92 Å². The van der Waals surface area contributed by atoms with E-state index in [1.807, 2.05) is 6.07 Å². The average Bonchev–Trinajstić information content (AvgIpc) is 2.77. The average molecular weight is 548 g/mol. The number of nitriles is 1.